The van der Waals surface area contributed by atoms with Crippen LogP contribution in [-0.4, -0.2) is 19.2 Å². The third-order valence-electron chi connectivity index (χ3n) is 2.90. The first-order valence-corrected chi connectivity index (χ1v) is 7.53. The van der Waals surface area contributed by atoms with Crippen molar-refractivity contribution in [2.45, 2.75) is 46.5 Å². The maximum Gasteiger partial charge on any atom is 0.338 e. The minimum atomic E-state index is -0.253. The summed E-state index contributed by atoms with van der Waals surface area (Å²) in [5.41, 5.74) is 0.581. The highest BCUT2D eigenvalue weighted by atomic mass is 16.5. The monoisotopic (exact) mass is 278 g/mol. The minimum absolute atomic E-state index is 0.253. The topological polar surface area (TPSA) is 35.5 Å². The van der Waals surface area contributed by atoms with E-state index >= 15 is 0 Å². The van der Waals surface area contributed by atoms with Gasteiger partial charge in [-0.3, -0.25) is 0 Å². The van der Waals surface area contributed by atoms with Gasteiger partial charge in [0.1, 0.15) is 5.75 Å². The summed E-state index contributed by atoms with van der Waals surface area (Å²) in [6, 6.07) is 7.14. The van der Waals surface area contributed by atoms with Crippen LogP contribution in [0.3, 0.4) is 0 Å². The van der Waals surface area contributed by atoms with Crippen LogP contribution in [0.2, 0.25) is 0 Å². The average molecular weight is 278 g/mol. The van der Waals surface area contributed by atoms with Gasteiger partial charge in [-0.25, -0.2) is 4.79 Å². The fourth-order valence-corrected chi connectivity index (χ4v) is 1.73. The molecule has 0 aliphatic carbocycles. The second-order valence-electron chi connectivity index (χ2n) is 5.43. The molecule has 0 N–H and O–H groups in total. The number of rotatable bonds is 9. The van der Waals surface area contributed by atoms with Crippen LogP contribution in [0.4, 0.5) is 0 Å². The lowest BCUT2D eigenvalue weighted by Gasteiger charge is -2.09. The van der Waals surface area contributed by atoms with Crippen molar-refractivity contribution in [1.82, 2.24) is 0 Å². The summed E-state index contributed by atoms with van der Waals surface area (Å²) in [6.07, 6.45) is 4.44. The Bertz CT molecular complexity index is 382. The largest absolute Gasteiger partial charge is 0.493 e. The molecular weight excluding hydrogens is 252 g/mol. The molecule has 0 amide bonds. The molecular formula is C17H26O3. The lowest BCUT2D eigenvalue weighted by molar-refractivity contribution is 0.0498. The van der Waals surface area contributed by atoms with Crippen molar-refractivity contribution in [3.05, 3.63) is 29.8 Å². The second kappa shape index (κ2) is 9.40. The third kappa shape index (κ3) is 6.60. The van der Waals surface area contributed by atoms with Gasteiger partial charge in [0.25, 0.3) is 0 Å². The van der Waals surface area contributed by atoms with E-state index in [9.17, 15) is 4.79 Å². The molecule has 1 aromatic carbocycles. The van der Waals surface area contributed by atoms with E-state index in [-0.39, 0.29) is 5.97 Å². The summed E-state index contributed by atoms with van der Waals surface area (Å²) < 4.78 is 10.8. The van der Waals surface area contributed by atoms with E-state index in [1.54, 1.807) is 12.1 Å². The molecule has 0 saturated heterocycles. The number of unbranched alkanes of at least 4 members (excludes halogenated alkanes) is 3. The van der Waals surface area contributed by atoms with Crippen molar-refractivity contribution in [2.24, 2.45) is 5.92 Å². The van der Waals surface area contributed by atoms with Crippen LogP contribution in [0.1, 0.15) is 56.8 Å². The first-order chi connectivity index (χ1) is 9.63. The molecule has 0 aromatic heterocycles. The number of hydrogen-bond acceptors (Lipinski definition) is 3. The Morgan fingerprint density at radius 2 is 1.80 bits per heavy atom. The standard InChI is InChI=1S/C17H26O3/c1-4-5-6-7-12-19-17(18)15-8-10-16(11-9-15)20-13-14(2)3/h8-11,14H,4-7,12-13H2,1-3H3. The lowest BCUT2D eigenvalue weighted by atomic mass is 10.2. The summed E-state index contributed by atoms with van der Waals surface area (Å²) in [6.45, 7) is 7.55. The van der Waals surface area contributed by atoms with E-state index < -0.39 is 0 Å². The predicted octanol–water partition coefficient (Wildman–Crippen LogP) is 4.46. The maximum absolute atomic E-state index is 11.8. The zero-order valence-corrected chi connectivity index (χ0v) is 12.9. The van der Waals surface area contributed by atoms with Gasteiger partial charge in [0.15, 0.2) is 0 Å². The van der Waals surface area contributed by atoms with E-state index in [2.05, 4.69) is 20.8 Å². The normalized spacial score (nSPS) is 10.6. The van der Waals surface area contributed by atoms with Crippen LogP contribution in [0, 0.1) is 5.92 Å². The molecule has 0 saturated carbocycles. The molecule has 3 nitrogen and oxygen atoms in total. The molecule has 0 aliphatic rings. The van der Waals surface area contributed by atoms with Crippen LogP contribution in [0.15, 0.2) is 24.3 Å². The van der Waals surface area contributed by atoms with Crippen molar-refractivity contribution >= 4 is 5.97 Å². The molecule has 0 bridgehead atoms. The van der Waals surface area contributed by atoms with Gasteiger partial charge in [-0.05, 0) is 36.6 Å². The Balaban J connectivity index is 2.33. The van der Waals surface area contributed by atoms with Crippen molar-refractivity contribution in [2.75, 3.05) is 13.2 Å². The fourth-order valence-electron chi connectivity index (χ4n) is 1.73. The van der Waals surface area contributed by atoms with Crippen molar-refractivity contribution < 1.29 is 14.3 Å². The molecule has 0 unspecified atom stereocenters. The summed E-state index contributed by atoms with van der Waals surface area (Å²) in [4.78, 5) is 11.8. The number of carbonyl (C=O) groups excluding carboxylic acids is 1. The van der Waals surface area contributed by atoms with Gasteiger partial charge in [-0.2, -0.15) is 0 Å². The Kier molecular flexibility index (Phi) is 7.78. The van der Waals surface area contributed by atoms with Crippen molar-refractivity contribution in [3.8, 4) is 5.75 Å². The van der Waals surface area contributed by atoms with Gasteiger partial charge in [-0.15, -0.1) is 0 Å². The van der Waals surface area contributed by atoms with Gasteiger partial charge in [-0.1, -0.05) is 40.0 Å². The quantitative estimate of drug-likeness (QED) is 0.494. The molecule has 0 spiro atoms. The SMILES string of the molecule is CCCCCCOC(=O)c1ccc(OCC(C)C)cc1. The van der Waals surface area contributed by atoms with E-state index in [0.717, 1.165) is 18.6 Å². The lowest BCUT2D eigenvalue weighted by Crippen LogP contribution is -2.07. The zero-order chi connectivity index (χ0) is 14.8. The van der Waals surface area contributed by atoms with Gasteiger partial charge < -0.3 is 9.47 Å². The molecule has 1 rings (SSSR count). The van der Waals surface area contributed by atoms with Crippen molar-refractivity contribution in [1.29, 1.82) is 0 Å². The molecule has 0 heterocycles. The number of ether oxygens (including phenoxy) is 2. The molecule has 1 aromatic rings. The van der Waals surface area contributed by atoms with Crippen molar-refractivity contribution in [3.63, 3.8) is 0 Å². The highest BCUT2D eigenvalue weighted by Gasteiger charge is 2.07. The van der Waals surface area contributed by atoms with Gasteiger partial charge in [0.2, 0.25) is 0 Å². The smallest absolute Gasteiger partial charge is 0.338 e. The minimum Gasteiger partial charge on any atom is -0.493 e. The number of hydrogen-bond donors (Lipinski definition) is 0. The van der Waals surface area contributed by atoms with Gasteiger partial charge >= 0.3 is 5.97 Å². The molecule has 0 aliphatic heterocycles. The molecule has 0 radical (unpaired) electrons. The van der Waals surface area contributed by atoms with Gasteiger partial charge in [0.05, 0.1) is 18.8 Å². The highest BCUT2D eigenvalue weighted by molar-refractivity contribution is 5.89. The number of benzene rings is 1. The molecule has 3 heteroatoms. The zero-order valence-electron chi connectivity index (χ0n) is 12.9. The van der Waals surface area contributed by atoms with Crippen LogP contribution < -0.4 is 4.74 Å². The molecule has 112 valence electrons. The van der Waals surface area contributed by atoms with E-state index in [4.69, 9.17) is 9.47 Å². The Morgan fingerprint density at radius 1 is 1.10 bits per heavy atom. The average Bonchev–Trinajstić information content (AvgIpc) is 2.45. The van der Waals surface area contributed by atoms with Gasteiger partial charge in [0, 0.05) is 0 Å². The van der Waals surface area contributed by atoms with Crippen LogP contribution in [0.5, 0.6) is 5.75 Å². The molecule has 0 fully saturated rings. The second-order valence-corrected chi connectivity index (χ2v) is 5.43. The van der Waals surface area contributed by atoms with Crippen LogP contribution in [-0.2, 0) is 4.74 Å². The molecule has 20 heavy (non-hydrogen) atoms. The van der Waals surface area contributed by atoms with Crippen LogP contribution in [0.25, 0.3) is 0 Å². The predicted molar refractivity (Wildman–Crippen MR) is 81.2 cm³/mol. The molecule has 0 atom stereocenters. The Labute approximate surface area is 122 Å². The first-order valence-electron chi connectivity index (χ1n) is 7.53. The van der Waals surface area contributed by atoms with Crippen LogP contribution >= 0.6 is 0 Å². The highest BCUT2D eigenvalue weighted by Crippen LogP contribution is 2.14. The summed E-state index contributed by atoms with van der Waals surface area (Å²) >= 11 is 0. The van der Waals surface area contributed by atoms with E-state index in [1.165, 1.54) is 12.8 Å². The summed E-state index contributed by atoms with van der Waals surface area (Å²) in [7, 11) is 0. The van der Waals surface area contributed by atoms with E-state index in [1.807, 2.05) is 12.1 Å². The Hall–Kier alpha value is -1.51. The summed E-state index contributed by atoms with van der Waals surface area (Å²) in [5, 5.41) is 0. The summed E-state index contributed by atoms with van der Waals surface area (Å²) in [5.74, 6) is 1.03. The number of esters is 1. The first kappa shape index (κ1) is 16.5. The van der Waals surface area contributed by atoms with E-state index in [0.29, 0.717) is 24.7 Å². The third-order valence-corrected chi connectivity index (χ3v) is 2.90. The maximum atomic E-state index is 11.8. The Morgan fingerprint density at radius 3 is 2.40 bits per heavy atom. The number of carbonyl (C=O) groups is 1. The fraction of sp³-hybridized carbons (Fsp3) is 0.588.